The molecule has 0 spiro atoms. The van der Waals surface area contributed by atoms with Gasteiger partial charge in [0.2, 0.25) is 0 Å². The molecule has 4 aliphatic carbocycles. The molecule has 1 heteroatoms. The molecule has 4 saturated carbocycles. The van der Waals surface area contributed by atoms with Crippen LogP contribution in [0.3, 0.4) is 0 Å². The van der Waals surface area contributed by atoms with Crippen LogP contribution in [0.25, 0.3) is 0 Å². The van der Waals surface area contributed by atoms with E-state index in [1.165, 1.54) is 57.8 Å². The summed E-state index contributed by atoms with van der Waals surface area (Å²) >= 11 is 0. The summed E-state index contributed by atoms with van der Waals surface area (Å²) in [6.45, 7) is 2.45. The van der Waals surface area contributed by atoms with Crippen LogP contribution in [-0.2, 0) is 0 Å². The molecule has 0 saturated heterocycles. The van der Waals surface area contributed by atoms with Crippen LogP contribution < -0.4 is 0 Å². The molecule has 0 aromatic carbocycles. The van der Waals surface area contributed by atoms with Crippen LogP contribution in [0.15, 0.2) is 0 Å². The van der Waals surface area contributed by atoms with Gasteiger partial charge >= 0.3 is 0 Å². The van der Waals surface area contributed by atoms with Crippen LogP contribution in [0.2, 0.25) is 0 Å². The van der Waals surface area contributed by atoms with Crippen molar-refractivity contribution in [3.8, 4) is 0 Å². The van der Waals surface area contributed by atoms with Crippen LogP contribution in [0.4, 0.5) is 0 Å². The van der Waals surface area contributed by atoms with E-state index in [-0.39, 0.29) is 6.10 Å². The molecule has 4 fully saturated rings. The summed E-state index contributed by atoms with van der Waals surface area (Å²) in [5.41, 5.74) is 0. The van der Waals surface area contributed by atoms with Gasteiger partial charge < -0.3 is 5.11 Å². The Labute approximate surface area is 137 Å². The van der Waals surface area contributed by atoms with Crippen LogP contribution >= 0.6 is 0 Å². The molecule has 0 bridgehead atoms. The maximum Gasteiger partial charge on any atom is 0.0543 e. The van der Waals surface area contributed by atoms with E-state index >= 15 is 0 Å². The number of rotatable bonds is 1. The summed E-state index contributed by atoms with van der Waals surface area (Å²) in [4.78, 5) is 0. The smallest absolute Gasteiger partial charge is 0.0543 e. The average Bonchev–Trinajstić information content (AvgIpc) is 2.54. The lowest BCUT2D eigenvalue weighted by atomic mass is 9.54. The van der Waals surface area contributed by atoms with Gasteiger partial charge in [0.1, 0.15) is 0 Å². The van der Waals surface area contributed by atoms with Crippen molar-refractivity contribution in [1.29, 1.82) is 0 Å². The lowest BCUT2D eigenvalue weighted by Gasteiger charge is -2.51. The fourth-order valence-corrected chi connectivity index (χ4v) is 6.99. The van der Waals surface area contributed by atoms with Crippen molar-refractivity contribution in [2.45, 2.75) is 90.1 Å². The molecule has 4 aliphatic rings. The largest absolute Gasteiger partial charge is 0.393 e. The predicted molar refractivity (Wildman–Crippen MR) is 91.5 cm³/mol. The first-order valence-corrected chi connectivity index (χ1v) is 10.4. The summed E-state index contributed by atoms with van der Waals surface area (Å²) in [7, 11) is 0. The minimum atomic E-state index is 0.0263. The third-order valence-corrected chi connectivity index (χ3v) is 8.28. The van der Waals surface area contributed by atoms with Crippen LogP contribution in [-0.4, -0.2) is 11.2 Å². The SMILES string of the molecule is CC1CCC(C2CCC3C(CCC4CC(O)CCC43)C2)CC1. The van der Waals surface area contributed by atoms with Crippen molar-refractivity contribution in [2.75, 3.05) is 0 Å². The van der Waals surface area contributed by atoms with E-state index in [0.29, 0.717) is 0 Å². The minimum absolute atomic E-state index is 0.0263. The highest BCUT2D eigenvalue weighted by Gasteiger charge is 2.45. The molecule has 6 atom stereocenters. The first-order valence-electron chi connectivity index (χ1n) is 10.4. The van der Waals surface area contributed by atoms with Gasteiger partial charge in [0.15, 0.2) is 0 Å². The van der Waals surface area contributed by atoms with E-state index < -0.39 is 0 Å². The molecule has 0 amide bonds. The summed E-state index contributed by atoms with van der Waals surface area (Å²) in [5.74, 6) is 7.07. The Morgan fingerprint density at radius 3 is 1.82 bits per heavy atom. The second-order valence-electron chi connectivity index (χ2n) is 9.49. The van der Waals surface area contributed by atoms with Crippen molar-refractivity contribution in [2.24, 2.45) is 41.4 Å². The maximum absolute atomic E-state index is 9.98. The molecule has 0 aromatic rings. The van der Waals surface area contributed by atoms with Gasteiger partial charge in [-0.25, -0.2) is 0 Å². The number of aliphatic hydroxyl groups is 1. The van der Waals surface area contributed by atoms with E-state index in [1.54, 1.807) is 6.42 Å². The van der Waals surface area contributed by atoms with Crippen molar-refractivity contribution in [3.63, 3.8) is 0 Å². The lowest BCUT2D eigenvalue weighted by molar-refractivity contribution is -0.0342. The molecule has 0 radical (unpaired) electrons. The Balaban J connectivity index is 1.37. The Kier molecular flexibility index (Phi) is 4.55. The molecule has 4 rings (SSSR count). The zero-order valence-electron chi connectivity index (χ0n) is 14.6. The van der Waals surface area contributed by atoms with Crippen LogP contribution in [0.5, 0.6) is 0 Å². The molecule has 0 heterocycles. The number of hydrogen-bond acceptors (Lipinski definition) is 1. The first-order chi connectivity index (χ1) is 10.7. The quantitative estimate of drug-likeness (QED) is 0.686. The summed E-state index contributed by atoms with van der Waals surface area (Å²) in [6, 6.07) is 0. The maximum atomic E-state index is 9.98. The molecule has 1 nitrogen and oxygen atoms in total. The van der Waals surface area contributed by atoms with Crippen molar-refractivity contribution in [1.82, 2.24) is 0 Å². The lowest BCUT2D eigenvalue weighted by Crippen LogP contribution is -2.43. The van der Waals surface area contributed by atoms with Gasteiger partial charge in [-0.15, -0.1) is 0 Å². The van der Waals surface area contributed by atoms with Gasteiger partial charge in [-0.1, -0.05) is 19.8 Å². The minimum Gasteiger partial charge on any atom is -0.393 e. The highest BCUT2D eigenvalue weighted by atomic mass is 16.3. The summed E-state index contributed by atoms with van der Waals surface area (Å²) < 4.78 is 0. The summed E-state index contributed by atoms with van der Waals surface area (Å²) in [5, 5.41) is 9.98. The highest BCUT2D eigenvalue weighted by Crippen LogP contribution is 2.54. The monoisotopic (exact) mass is 304 g/mol. The van der Waals surface area contributed by atoms with E-state index in [4.69, 9.17) is 0 Å². The van der Waals surface area contributed by atoms with Gasteiger partial charge in [-0.2, -0.15) is 0 Å². The standard InChI is InChI=1S/C21H36O/c1-14-2-4-15(5-3-14)16-8-10-20-17(12-16)6-7-18-13-19(22)9-11-21(18)20/h14-22H,2-13H2,1H3. The molecule has 1 N–H and O–H groups in total. The molecular formula is C21H36O. The Hall–Kier alpha value is -0.0400. The first kappa shape index (κ1) is 15.5. The van der Waals surface area contributed by atoms with Gasteiger partial charge in [-0.05, 0) is 106 Å². The molecular weight excluding hydrogens is 268 g/mol. The van der Waals surface area contributed by atoms with Crippen LogP contribution in [0.1, 0.15) is 84.0 Å². The number of fused-ring (bicyclic) bond motifs is 3. The zero-order chi connectivity index (χ0) is 15.1. The normalized spacial score (nSPS) is 52.6. The predicted octanol–water partition coefficient (Wildman–Crippen LogP) is 5.42. The van der Waals surface area contributed by atoms with Gasteiger partial charge in [-0.3, -0.25) is 0 Å². The molecule has 126 valence electrons. The van der Waals surface area contributed by atoms with Crippen LogP contribution in [0, 0.1) is 41.4 Å². The average molecular weight is 305 g/mol. The van der Waals surface area contributed by atoms with E-state index in [9.17, 15) is 5.11 Å². The fraction of sp³-hybridized carbons (Fsp3) is 1.00. The van der Waals surface area contributed by atoms with E-state index in [0.717, 1.165) is 54.3 Å². The van der Waals surface area contributed by atoms with Crippen molar-refractivity contribution >= 4 is 0 Å². The highest BCUT2D eigenvalue weighted by molar-refractivity contribution is 4.95. The molecule has 0 aromatic heterocycles. The van der Waals surface area contributed by atoms with Gasteiger partial charge in [0.05, 0.1) is 6.10 Å². The van der Waals surface area contributed by atoms with Crippen molar-refractivity contribution in [3.05, 3.63) is 0 Å². The second-order valence-corrected chi connectivity index (χ2v) is 9.49. The van der Waals surface area contributed by atoms with Gasteiger partial charge in [0.25, 0.3) is 0 Å². The topological polar surface area (TPSA) is 20.2 Å². The molecule has 6 unspecified atom stereocenters. The Morgan fingerprint density at radius 1 is 0.545 bits per heavy atom. The number of hydrogen-bond donors (Lipinski definition) is 1. The van der Waals surface area contributed by atoms with E-state index in [1.807, 2.05) is 0 Å². The third kappa shape index (κ3) is 2.99. The third-order valence-electron chi connectivity index (χ3n) is 8.28. The fourth-order valence-electron chi connectivity index (χ4n) is 6.99. The van der Waals surface area contributed by atoms with Crippen molar-refractivity contribution < 1.29 is 5.11 Å². The molecule has 0 aliphatic heterocycles. The molecule has 22 heavy (non-hydrogen) atoms. The Morgan fingerprint density at radius 2 is 1.09 bits per heavy atom. The second kappa shape index (κ2) is 6.46. The van der Waals surface area contributed by atoms with Gasteiger partial charge in [0, 0.05) is 0 Å². The van der Waals surface area contributed by atoms with E-state index in [2.05, 4.69) is 6.92 Å². The number of aliphatic hydroxyl groups excluding tert-OH is 1. The zero-order valence-corrected chi connectivity index (χ0v) is 14.6. The Bertz CT molecular complexity index is 370. The summed E-state index contributed by atoms with van der Waals surface area (Å²) in [6.07, 6.45) is 17.2.